The third-order valence-electron chi connectivity index (χ3n) is 7.50. The summed E-state index contributed by atoms with van der Waals surface area (Å²) in [5.74, 6) is 0.166. The lowest BCUT2D eigenvalue weighted by Gasteiger charge is -2.33. The highest BCUT2D eigenvalue weighted by molar-refractivity contribution is 6.13. The first-order valence-corrected chi connectivity index (χ1v) is 15.1. The number of alkyl carbamates (subject to hydrolysis) is 1. The average molecular weight is 606 g/mol. The van der Waals surface area contributed by atoms with Crippen molar-refractivity contribution in [3.8, 4) is 17.0 Å². The lowest BCUT2D eigenvalue weighted by Crippen LogP contribution is -2.52. The van der Waals surface area contributed by atoms with Crippen molar-refractivity contribution >= 4 is 33.6 Å². The smallest absolute Gasteiger partial charge is 0.408 e. The standard InChI is InChI=1S/C34H41F2N5O3/c1-20(2)18-34(6,41-32(42)44-33(3,4)5)19-43-27-10-9-25(39-29(27)30(35)36)23-13-16-38-31-28(23)24-17-22(7-8-26(24)40-31)21-11-14-37-15-12-21/h7-11,13,16-17,20,30,37H,12,14-15,18-19H2,1-6H3,(H,38,40)(H,41,42)/t34-/m0/s1. The van der Waals surface area contributed by atoms with Gasteiger partial charge in [0.25, 0.3) is 6.43 Å². The molecule has 1 amide bonds. The molecular formula is C34H41F2N5O3. The number of pyridine rings is 2. The van der Waals surface area contributed by atoms with Crippen molar-refractivity contribution in [3.05, 3.63) is 59.9 Å². The Morgan fingerprint density at radius 2 is 1.91 bits per heavy atom. The first-order valence-electron chi connectivity index (χ1n) is 15.1. The molecule has 8 nitrogen and oxygen atoms in total. The van der Waals surface area contributed by atoms with Gasteiger partial charge in [-0.15, -0.1) is 0 Å². The molecule has 234 valence electrons. The highest BCUT2D eigenvalue weighted by atomic mass is 19.3. The van der Waals surface area contributed by atoms with Gasteiger partial charge in [0.15, 0.2) is 0 Å². The normalized spacial score (nSPS) is 15.5. The number of H-pyrrole nitrogens is 1. The Kier molecular flexibility index (Phi) is 8.92. The third kappa shape index (κ3) is 7.18. The fraction of sp³-hybridized carbons (Fsp3) is 0.441. The Morgan fingerprint density at radius 3 is 2.59 bits per heavy atom. The zero-order valence-corrected chi connectivity index (χ0v) is 26.2. The van der Waals surface area contributed by atoms with Crippen LogP contribution in [-0.2, 0) is 4.74 Å². The van der Waals surface area contributed by atoms with E-state index in [1.165, 1.54) is 11.6 Å². The van der Waals surface area contributed by atoms with E-state index in [4.69, 9.17) is 9.47 Å². The molecule has 0 aliphatic carbocycles. The van der Waals surface area contributed by atoms with Crippen LogP contribution in [0, 0.1) is 5.92 Å². The van der Waals surface area contributed by atoms with E-state index in [0.29, 0.717) is 23.3 Å². The van der Waals surface area contributed by atoms with E-state index >= 15 is 0 Å². The fourth-order valence-electron chi connectivity index (χ4n) is 5.84. The summed E-state index contributed by atoms with van der Waals surface area (Å²) >= 11 is 0. The van der Waals surface area contributed by atoms with Crippen molar-refractivity contribution in [3.63, 3.8) is 0 Å². The molecule has 1 aromatic carbocycles. The van der Waals surface area contributed by atoms with Crippen molar-refractivity contribution in [2.45, 2.75) is 71.9 Å². The molecular weight excluding hydrogens is 564 g/mol. The molecule has 1 atom stereocenters. The molecule has 4 aromatic rings. The number of fused-ring (bicyclic) bond motifs is 3. The van der Waals surface area contributed by atoms with Crippen LogP contribution in [0.2, 0.25) is 0 Å². The highest BCUT2D eigenvalue weighted by Gasteiger charge is 2.32. The summed E-state index contributed by atoms with van der Waals surface area (Å²) in [5, 5.41) is 8.01. The van der Waals surface area contributed by atoms with Gasteiger partial charge >= 0.3 is 6.09 Å². The maximum atomic E-state index is 14.5. The van der Waals surface area contributed by atoms with Crippen molar-refractivity contribution in [2.75, 3.05) is 19.7 Å². The summed E-state index contributed by atoms with van der Waals surface area (Å²) in [6, 6.07) is 11.3. The van der Waals surface area contributed by atoms with Crippen molar-refractivity contribution in [2.24, 2.45) is 5.92 Å². The summed E-state index contributed by atoms with van der Waals surface area (Å²) < 4.78 is 40.3. The van der Waals surface area contributed by atoms with Gasteiger partial charge in [-0.2, -0.15) is 0 Å². The molecule has 0 saturated heterocycles. The number of hydrogen-bond donors (Lipinski definition) is 3. The Labute approximate surface area is 256 Å². The van der Waals surface area contributed by atoms with E-state index in [1.54, 1.807) is 39.1 Å². The number of carbonyl (C=O) groups is 1. The number of ether oxygens (including phenoxy) is 2. The maximum absolute atomic E-state index is 14.5. The van der Waals surface area contributed by atoms with E-state index in [9.17, 15) is 13.6 Å². The van der Waals surface area contributed by atoms with Gasteiger partial charge in [-0.05, 0) is 94.5 Å². The van der Waals surface area contributed by atoms with Crippen LogP contribution >= 0.6 is 0 Å². The van der Waals surface area contributed by atoms with Crippen LogP contribution in [0.25, 0.3) is 38.8 Å². The molecule has 0 unspecified atom stereocenters. The van der Waals surface area contributed by atoms with E-state index < -0.39 is 29.4 Å². The van der Waals surface area contributed by atoms with Gasteiger partial charge in [0.1, 0.15) is 29.3 Å². The minimum atomic E-state index is -2.88. The maximum Gasteiger partial charge on any atom is 0.408 e. The molecule has 0 bridgehead atoms. The first-order chi connectivity index (χ1) is 20.8. The van der Waals surface area contributed by atoms with Gasteiger partial charge in [-0.3, -0.25) is 0 Å². The van der Waals surface area contributed by atoms with Crippen LogP contribution in [0.15, 0.2) is 48.7 Å². The molecule has 1 aliphatic heterocycles. The van der Waals surface area contributed by atoms with Crippen LogP contribution in [-0.4, -0.2) is 51.9 Å². The zero-order chi connectivity index (χ0) is 31.6. The lowest BCUT2D eigenvalue weighted by molar-refractivity contribution is 0.0404. The van der Waals surface area contributed by atoms with Gasteiger partial charge in [0.05, 0.1) is 11.2 Å². The number of carbonyl (C=O) groups excluding carboxylic acids is 1. The number of nitrogens with zero attached hydrogens (tertiary/aromatic N) is 2. The minimum absolute atomic E-state index is 0.0333. The molecule has 3 N–H and O–H groups in total. The number of hydrogen-bond acceptors (Lipinski definition) is 6. The van der Waals surface area contributed by atoms with Gasteiger partial charge in [-0.25, -0.2) is 23.5 Å². The van der Waals surface area contributed by atoms with E-state index in [-0.39, 0.29) is 18.3 Å². The summed E-state index contributed by atoms with van der Waals surface area (Å²) in [4.78, 5) is 24.9. The van der Waals surface area contributed by atoms with Gasteiger partial charge < -0.3 is 25.1 Å². The Hall–Kier alpha value is -4.05. The van der Waals surface area contributed by atoms with Crippen LogP contribution in [0.4, 0.5) is 13.6 Å². The zero-order valence-electron chi connectivity index (χ0n) is 26.2. The summed E-state index contributed by atoms with van der Waals surface area (Å²) in [7, 11) is 0. The molecule has 0 fully saturated rings. The minimum Gasteiger partial charge on any atom is -0.489 e. The number of aromatic nitrogens is 3. The number of rotatable bonds is 9. The largest absolute Gasteiger partial charge is 0.489 e. The molecule has 0 radical (unpaired) electrons. The monoisotopic (exact) mass is 605 g/mol. The van der Waals surface area contributed by atoms with E-state index in [1.807, 2.05) is 26.8 Å². The molecule has 4 heterocycles. The molecule has 1 aliphatic rings. The second kappa shape index (κ2) is 12.5. The number of alkyl halides is 2. The van der Waals surface area contributed by atoms with Gasteiger partial charge in [0, 0.05) is 34.6 Å². The van der Waals surface area contributed by atoms with E-state index in [2.05, 4.69) is 43.8 Å². The van der Waals surface area contributed by atoms with Crippen molar-refractivity contribution in [1.29, 1.82) is 0 Å². The molecule has 0 saturated carbocycles. The molecule has 10 heteroatoms. The Morgan fingerprint density at radius 1 is 1.11 bits per heavy atom. The number of halogens is 2. The first kappa shape index (κ1) is 31.4. The Bertz CT molecular complexity index is 1690. The summed E-state index contributed by atoms with van der Waals surface area (Å²) in [5.41, 5.74) is 3.06. The third-order valence-corrected chi connectivity index (χ3v) is 7.50. The number of aromatic amines is 1. The molecule has 3 aromatic heterocycles. The SMILES string of the molecule is CC(C)C[C@@](C)(COc1ccc(-c2ccnc3[nH]c4ccc(C5=CCNCC5)cc4c23)nc1C(F)F)NC(=O)OC(C)(C)C. The van der Waals surface area contributed by atoms with Gasteiger partial charge in [0.2, 0.25) is 0 Å². The number of amides is 1. The van der Waals surface area contributed by atoms with Gasteiger partial charge in [-0.1, -0.05) is 26.0 Å². The number of nitrogens with one attached hydrogen (secondary N) is 3. The predicted octanol–water partition coefficient (Wildman–Crippen LogP) is 7.80. The number of benzene rings is 1. The van der Waals surface area contributed by atoms with Crippen LogP contribution < -0.4 is 15.4 Å². The fourth-order valence-corrected chi connectivity index (χ4v) is 5.84. The second-order valence-electron chi connectivity index (χ2n) is 13.1. The lowest BCUT2D eigenvalue weighted by atomic mass is 9.91. The summed E-state index contributed by atoms with van der Waals surface area (Å²) in [6.07, 6.45) is 1.86. The van der Waals surface area contributed by atoms with Crippen LogP contribution in [0.1, 0.15) is 72.1 Å². The average Bonchev–Trinajstić information content (AvgIpc) is 3.33. The predicted molar refractivity (Wildman–Crippen MR) is 170 cm³/mol. The topological polar surface area (TPSA) is 101 Å². The van der Waals surface area contributed by atoms with Crippen LogP contribution in [0.3, 0.4) is 0 Å². The molecule has 44 heavy (non-hydrogen) atoms. The molecule has 5 rings (SSSR count). The second-order valence-corrected chi connectivity index (χ2v) is 13.1. The van der Waals surface area contributed by atoms with E-state index in [0.717, 1.165) is 41.4 Å². The van der Waals surface area contributed by atoms with Crippen molar-refractivity contribution < 1.29 is 23.0 Å². The van der Waals surface area contributed by atoms with Crippen molar-refractivity contribution in [1.82, 2.24) is 25.6 Å². The van der Waals surface area contributed by atoms with Crippen LogP contribution in [0.5, 0.6) is 5.75 Å². The molecule has 0 spiro atoms. The quantitative estimate of drug-likeness (QED) is 0.180. The summed E-state index contributed by atoms with van der Waals surface area (Å²) in [6.45, 7) is 12.9. The Balaban J connectivity index is 1.48. The highest BCUT2D eigenvalue weighted by Crippen LogP contribution is 2.37.